The molecule has 0 aliphatic carbocycles. The van der Waals surface area contributed by atoms with E-state index in [-0.39, 0.29) is 11.2 Å². The van der Waals surface area contributed by atoms with Gasteiger partial charge >= 0.3 is 0 Å². The molecule has 1 unspecified atom stereocenters. The lowest BCUT2D eigenvalue weighted by Crippen LogP contribution is -2.31. The van der Waals surface area contributed by atoms with Crippen LogP contribution in [0.25, 0.3) is 11.4 Å². The first-order chi connectivity index (χ1) is 13.1. The molecule has 3 aromatic rings. The number of hydrogen-bond acceptors (Lipinski definition) is 5. The predicted octanol–water partition coefficient (Wildman–Crippen LogP) is 3.84. The maximum atomic E-state index is 13.2. The Kier molecular flexibility index (Phi) is 5.03. The number of carbonyl (C=O) groups excluding carboxylic acids is 1. The van der Waals surface area contributed by atoms with Crippen LogP contribution in [0.1, 0.15) is 29.4 Å². The highest BCUT2D eigenvalue weighted by Crippen LogP contribution is 2.37. The van der Waals surface area contributed by atoms with E-state index in [9.17, 15) is 4.79 Å². The van der Waals surface area contributed by atoms with Gasteiger partial charge in [-0.25, -0.2) is 0 Å². The molecule has 1 saturated heterocycles. The molecule has 1 atom stereocenters. The molecule has 7 heteroatoms. The van der Waals surface area contributed by atoms with Gasteiger partial charge in [-0.2, -0.15) is 0 Å². The molecule has 27 heavy (non-hydrogen) atoms. The van der Waals surface area contributed by atoms with Crippen molar-refractivity contribution >= 4 is 17.7 Å². The van der Waals surface area contributed by atoms with Crippen LogP contribution < -0.4 is 0 Å². The lowest BCUT2D eigenvalue weighted by molar-refractivity contribution is -0.129. The zero-order valence-corrected chi connectivity index (χ0v) is 16.3. The van der Waals surface area contributed by atoms with Crippen molar-refractivity contribution in [3.05, 3.63) is 54.0 Å². The smallest absolute Gasteiger partial charge is 0.240 e. The molecule has 0 radical (unpaired) electrons. The topological polar surface area (TPSA) is 64.2 Å². The summed E-state index contributed by atoms with van der Waals surface area (Å²) in [5.74, 6) is 1.69. The van der Waals surface area contributed by atoms with Crippen LogP contribution in [0.15, 0.2) is 52.2 Å². The maximum Gasteiger partial charge on any atom is 0.240 e. The molecule has 0 saturated carbocycles. The zero-order valence-electron chi connectivity index (χ0n) is 15.5. The summed E-state index contributed by atoms with van der Waals surface area (Å²) in [6, 6.07) is 11.8. The van der Waals surface area contributed by atoms with Crippen LogP contribution >= 0.6 is 11.8 Å². The third-order valence-corrected chi connectivity index (χ3v) is 6.18. The summed E-state index contributed by atoms with van der Waals surface area (Å²) < 4.78 is 7.32. The zero-order chi connectivity index (χ0) is 18.8. The number of aromatic nitrogens is 3. The van der Waals surface area contributed by atoms with Crippen LogP contribution in [0.5, 0.6) is 0 Å². The molecule has 3 heterocycles. The second-order valence-corrected chi connectivity index (χ2v) is 7.77. The molecule has 1 amide bonds. The average molecular weight is 382 g/mol. The van der Waals surface area contributed by atoms with E-state index in [2.05, 4.69) is 10.2 Å². The Bertz CT molecular complexity index is 929. The minimum absolute atomic E-state index is 0.146. The number of rotatable bonds is 5. The van der Waals surface area contributed by atoms with Gasteiger partial charge in [0, 0.05) is 20.1 Å². The molecule has 1 aliphatic heterocycles. The fourth-order valence-electron chi connectivity index (χ4n) is 3.37. The monoisotopic (exact) mass is 382 g/mol. The van der Waals surface area contributed by atoms with Crippen LogP contribution in [0.4, 0.5) is 0 Å². The quantitative estimate of drug-likeness (QED) is 0.628. The van der Waals surface area contributed by atoms with E-state index >= 15 is 0 Å². The van der Waals surface area contributed by atoms with Crippen LogP contribution in [0.3, 0.4) is 0 Å². The molecule has 1 aliphatic rings. The van der Waals surface area contributed by atoms with Gasteiger partial charge in [0.1, 0.15) is 11.0 Å². The Balaban J connectivity index is 1.65. The van der Waals surface area contributed by atoms with Crippen LogP contribution in [-0.2, 0) is 11.8 Å². The fraction of sp³-hybridized carbons (Fsp3) is 0.350. The number of aryl methyl sites for hydroxylation is 1. The fourth-order valence-corrected chi connectivity index (χ4v) is 4.45. The largest absolute Gasteiger partial charge is 0.469 e. The van der Waals surface area contributed by atoms with Gasteiger partial charge in [0.2, 0.25) is 5.91 Å². The molecule has 140 valence electrons. The highest BCUT2D eigenvalue weighted by Gasteiger charge is 2.30. The van der Waals surface area contributed by atoms with E-state index in [1.54, 1.807) is 6.26 Å². The summed E-state index contributed by atoms with van der Waals surface area (Å²) in [6.07, 6.45) is 3.80. The number of likely N-dealkylation sites (tertiary alicyclic amines) is 1. The molecular formula is C20H22N4O2S. The summed E-state index contributed by atoms with van der Waals surface area (Å²) in [4.78, 5) is 15.1. The van der Waals surface area contributed by atoms with Crippen LogP contribution in [-0.4, -0.2) is 38.7 Å². The summed E-state index contributed by atoms with van der Waals surface area (Å²) in [6.45, 7) is 3.57. The SMILES string of the molecule is Cc1occc1-c1nnc(SC(C(=O)N2CCCC2)c2ccccc2)n1C. The predicted molar refractivity (Wildman–Crippen MR) is 104 cm³/mol. The average Bonchev–Trinajstić information content (AvgIpc) is 3.42. The molecule has 0 spiro atoms. The van der Waals surface area contributed by atoms with Crippen LogP contribution in [0, 0.1) is 6.92 Å². The number of benzene rings is 1. The Morgan fingerprint density at radius 1 is 1.15 bits per heavy atom. The van der Waals surface area contributed by atoms with E-state index < -0.39 is 0 Å². The lowest BCUT2D eigenvalue weighted by Gasteiger charge is -2.22. The normalized spacial score (nSPS) is 15.3. The molecule has 1 fully saturated rings. The number of thioether (sulfide) groups is 1. The van der Waals surface area contributed by atoms with Crippen molar-refractivity contribution in [3.8, 4) is 11.4 Å². The van der Waals surface area contributed by atoms with E-state index in [0.29, 0.717) is 5.16 Å². The third kappa shape index (κ3) is 3.51. The molecule has 0 bridgehead atoms. The molecule has 4 rings (SSSR count). The van der Waals surface area contributed by atoms with Gasteiger partial charge in [0.25, 0.3) is 0 Å². The first-order valence-corrected chi connectivity index (χ1v) is 9.97. The van der Waals surface area contributed by atoms with Crippen molar-refractivity contribution in [1.82, 2.24) is 19.7 Å². The van der Waals surface area contributed by atoms with E-state index in [1.165, 1.54) is 11.8 Å². The van der Waals surface area contributed by atoms with E-state index in [0.717, 1.165) is 48.6 Å². The van der Waals surface area contributed by atoms with Gasteiger partial charge in [-0.05, 0) is 31.4 Å². The minimum atomic E-state index is -0.328. The van der Waals surface area contributed by atoms with Gasteiger partial charge in [-0.15, -0.1) is 10.2 Å². The summed E-state index contributed by atoms with van der Waals surface area (Å²) >= 11 is 1.45. The van der Waals surface area contributed by atoms with Gasteiger partial charge < -0.3 is 13.9 Å². The van der Waals surface area contributed by atoms with Crippen LogP contribution in [0.2, 0.25) is 0 Å². The highest BCUT2D eigenvalue weighted by atomic mass is 32.2. The Morgan fingerprint density at radius 3 is 2.56 bits per heavy atom. The van der Waals surface area contributed by atoms with Gasteiger partial charge in [-0.3, -0.25) is 4.79 Å². The second kappa shape index (κ2) is 7.60. The number of furan rings is 1. The van der Waals surface area contributed by atoms with Gasteiger partial charge in [-0.1, -0.05) is 42.1 Å². The van der Waals surface area contributed by atoms with Crippen molar-refractivity contribution in [3.63, 3.8) is 0 Å². The summed E-state index contributed by atoms with van der Waals surface area (Å²) in [7, 11) is 1.92. The maximum absolute atomic E-state index is 13.2. The first-order valence-electron chi connectivity index (χ1n) is 9.09. The van der Waals surface area contributed by atoms with Gasteiger partial charge in [0.05, 0.1) is 11.8 Å². The van der Waals surface area contributed by atoms with Crippen molar-refractivity contribution in [2.45, 2.75) is 30.2 Å². The van der Waals surface area contributed by atoms with Crippen molar-refractivity contribution in [2.75, 3.05) is 13.1 Å². The molecule has 2 aromatic heterocycles. The standard InChI is InChI=1S/C20H22N4O2S/c1-14-16(10-13-26-14)18-21-22-20(23(18)2)27-17(15-8-4-3-5-9-15)19(25)24-11-6-7-12-24/h3-5,8-10,13,17H,6-7,11-12H2,1-2H3. The Hall–Kier alpha value is -2.54. The first kappa shape index (κ1) is 17.9. The lowest BCUT2D eigenvalue weighted by atomic mass is 10.1. The molecule has 0 N–H and O–H groups in total. The number of carbonyl (C=O) groups is 1. The number of amides is 1. The molecule has 1 aromatic carbocycles. The molecule has 6 nitrogen and oxygen atoms in total. The van der Waals surface area contributed by atoms with E-state index in [4.69, 9.17) is 4.42 Å². The number of hydrogen-bond donors (Lipinski definition) is 0. The Labute approximate surface area is 162 Å². The van der Waals surface area contributed by atoms with Crippen molar-refractivity contribution in [2.24, 2.45) is 7.05 Å². The second-order valence-electron chi connectivity index (χ2n) is 6.70. The summed E-state index contributed by atoms with van der Waals surface area (Å²) in [5, 5.41) is 9.07. The molecular weight excluding hydrogens is 360 g/mol. The minimum Gasteiger partial charge on any atom is -0.469 e. The number of nitrogens with zero attached hydrogens (tertiary/aromatic N) is 4. The van der Waals surface area contributed by atoms with Crippen molar-refractivity contribution in [1.29, 1.82) is 0 Å². The highest BCUT2D eigenvalue weighted by molar-refractivity contribution is 8.00. The Morgan fingerprint density at radius 2 is 1.89 bits per heavy atom. The summed E-state index contributed by atoms with van der Waals surface area (Å²) in [5.41, 5.74) is 1.91. The van der Waals surface area contributed by atoms with E-state index in [1.807, 2.05) is 59.8 Å². The van der Waals surface area contributed by atoms with Crippen molar-refractivity contribution < 1.29 is 9.21 Å². The van der Waals surface area contributed by atoms with Gasteiger partial charge in [0.15, 0.2) is 11.0 Å². The third-order valence-electron chi connectivity index (χ3n) is 4.90.